The summed E-state index contributed by atoms with van der Waals surface area (Å²) in [6, 6.07) is 4.25. The van der Waals surface area contributed by atoms with E-state index in [0.717, 1.165) is 13.0 Å². The molecule has 0 amide bonds. The number of rotatable bonds is 4. The summed E-state index contributed by atoms with van der Waals surface area (Å²) in [5, 5.41) is 2.11. The summed E-state index contributed by atoms with van der Waals surface area (Å²) in [6.45, 7) is 5.25. The molecule has 68 valence electrons. The molecule has 0 aromatic carbocycles. The smallest absolute Gasteiger partial charge is 0.0603 e. The Balaban J connectivity index is 2.50. The maximum Gasteiger partial charge on any atom is 0.0603 e. The van der Waals surface area contributed by atoms with Crippen LogP contribution in [0.5, 0.6) is 0 Å². The minimum Gasteiger partial charge on any atom is -0.330 e. The van der Waals surface area contributed by atoms with Crippen molar-refractivity contribution in [3.63, 3.8) is 0 Å². The molecule has 12 heavy (non-hydrogen) atoms. The van der Waals surface area contributed by atoms with Crippen LogP contribution in [-0.2, 0) is 0 Å². The molecule has 0 fully saturated rings. The van der Waals surface area contributed by atoms with Crippen molar-refractivity contribution in [1.29, 1.82) is 0 Å². The highest BCUT2D eigenvalue weighted by Crippen LogP contribution is 2.36. The Morgan fingerprint density at radius 1 is 1.58 bits per heavy atom. The van der Waals surface area contributed by atoms with Gasteiger partial charge in [0, 0.05) is 4.75 Å². The molecule has 2 N–H and O–H groups in total. The van der Waals surface area contributed by atoms with E-state index in [4.69, 9.17) is 5.73 Å². The highest BCUT2D eigenvalue weighted by atomic mass is 32.2. The number of thioether (sulfide) groups is 1. The van der Waals surface area contributed by atoms with Gasteiger partial charge in [-0.3, -0.25) is 0 Å². The van der Waals surface area contributed by atoms with Crippen molar-refractivity contribution < 1.29 is 0 Å². The van der Waals surface area contributed by atoms with Gasteiger partial charge in [0.15, 0.2) is 0 Å². The van der Waals surface area contributed by atoms with E-state index >= 15 is 0 Å². The Hall–Kier alpha value is 0.01000. The molecule has 0 radical (unpaired) electrons. The molecule has 0 saturated carbocycles. The maximum absolute atomic E-state index is 5.53. The quantitative estimate of drug-likeness (QED) is 0.758. The number of hydrogen-bond donors (Lipinski definition) is 1. The van der Waals surface area contributed by atoms with Crippen LogP contribution in [-0.4, -0.2) is 11.3 Å². The zero-order valence-corrected chi connectivity index (χ0v) is 9.17. The number of hydrogen-bond acceptors (Lipinski definition) is 3. The van der Waals surface area contributed by atoms with Crippen LogP contribution >= 0.6 is 23.1 Å². The maximum atomic E-state index is 5.53. The number of thiophene rings is 1. The van der Waals surface area contributed by atoms with Gasteiger partial charge in [0.05, 0.1) is 4.21 Å². The zero-order valence-electron chi connectivity index (χ0n) is 7.54. The van der Waals surface area contributed by atoms with E-state index in [1.807, 2.05) is 11.8 Å². The molecule has 3 heteroatoms. The second-order valence-corrected chi connectivity index (χ2v) is 6.29. The molecular formula is C9H15NS2. The third-order valence-corrected chi connectivity index (χ3v) is 3.91. The predicted octanol–water partition coefficient (Wildman–Crippen LogP) is 2.97. The summed E-state index contributed by atoms with van der Waals surface area (Å²) in [6.07, 6.45) is 1.07. The van der Waals surface area contributed by atoms with Gasteiger partial charge in [-0.2, -0.15) is 0 Å². The average Bonchev–Trinajstić information content (AvgIpc) is 2.38. The summed E-state index contributed by atoms with van der Waals surface area (Å²) >= 11 is 3.71. The van der Waals surface area contributed by atoms with E-state index in [1.54, 1.807) is 11.3 Å². The summed E-state index contributed by atoms with van der Waals surface area (Å²) in [5.74, 6) is 0. The Kier molecular flexibility index (Phi) is 3.62. The van der Waals surface area contributed by atoms with Crippen LogP contribution in [0, 0.1) is 0 Å². The van der Waals surface area contributed by atoms with E-state index in [9.17, 15) is 0 Å². The highest BCUT2D eigenvalue weighted by Gasteiger charge is 2.18. The van der Waals surface area contributed by atoms with Crippen LogP contribution in [0.15, 0.2) is 21.7 Å². The molecule has 1 aromatic rings. The van der Waals surface area contributed by atoms with Gasteiger partial charge in [-0.25, -0.2) is 0 Å². The molecule has 0 atom stereocenters. The lowest BCUT2D eigenvalue weighted by Crippen LogP contribution is -2.19. The van der Waals surface area contributed by atoms with Crippen LogP contribution in [0.25, 0.3) is 0 Å². The minimum absolute atomic E-state index is 0.277. The first-order chi connectivity index (χ1) is 5.64. The lowest BCUT2D eigenvalue weighted by Gasteiger charge is -2.21. The Morgan fingerprint density at radius 2 is 2.33 bits per heavy atom. The van der Waals surface area contributed by atoms with Gasteiger partial charge in [0.25, 0.3) is 0 Å². The van der Waals surface area contributed by atoms with Gasteiger partial charge in [-0.1, -0.05) is 19.9 Å². The summed E-state index contributed by atoms with van der Waals surface area (Å²) in [7, 11) is 0. The van der Waals surface area contributed by atoms with E-state index < -0.39 is 0 Å². The van der Waals surface area contributed by atoms with Crippen molar-refractivity contribution in [3.8, 4) is 0 Å². The lowest BCUT2D eigenvalue weighted by molar-refractivity contribution is 0.650. The molecule has 0 spiro atoms. The lowest BCUT2D eigenvalue weighted by atomic mass is 10.1. The third-order valence-electron chi connectivity index (χ3n) is 1.62. The largest absolute Gasteiger partial charge is 0.330 e. The van der Waals surface area contributed by atoms with Crippen molar-refractivity contribution in [2.75, 3.05) is 6.54 Å². The van der Waals surface area contributed by atoms with Crippen molar-refractivity contribution in [1.82, 2.24) is 0 Å². The van der Waals surface area contributed by atoms with E-state index in [1.165, 1.54) is 4.21 Å². The van der Waals surface area contributed by atoms with E-state index in [-0.39, 0.29) is 4.75 Å². The van der Waals surface area contributed by atoms with Gasteiger partial charge < -0.3 is 5.73 Å². The van der Waals surface area contributed by atoms with Gasteiger partial charge in [-0.15, -0.1) is 23.1 Å². The average molecular weight is 201 g/mol. The van der Waals surface area contributed by atoms with Crippen molar-refractivity contribution in [3.05, 3.63) is 17.5 Å². The third kappa shape index (κ3) is 3.17. The van der Waals surface area contributed by atoms with Gasteiger partial charge in [0.2, 0.25) is 0 Å². The molecule has 0 aliphatic rings. The predicted molar refractivity (Wildman–Crippen MR) is 57.9 cm³/mol. The monoisotopic (exact) mass is 201 g/mol. The Bertz CT molecular complexity index is 216. The van der Waals surface area contributed by atoms with Crippen molar-refractivity contribution in [2.45, 2.75) is 29.2 Å². The van der Waals surface area contributed by atoms with Crippen LogP contribution in [0.3, 0.4) is 0 Å². The fraction of sp³-hybridized carbons (Fsp3) is 0.556. The summed E-state index contributed by atoms with van der Waals surface area (Å²) < 4.78 is 1.66. The van der Waals surface area contributed by atoms with Crippen molar-refractivity contribution >= 4 is 23.1 Å². The number of nitrogens with two attached hydrogens (primary N) is 1. The molecule has 0 aliphatic carbocycles. The molecule has 1 aromatic heterocycles. The fourth-order valence-electron chi connectivity index (χ4n) is 0.993. The van der Waals surface area contributed by atoms with Crippen LogP contribution in [0.2, 0.25) is 0 Å². The molecule has 0 bridgehead atoms. The zero-order chi connectivity index (χ0) is 9.03. The standard InChI is InChI=1S/C9H15NS2/c1-9(2,5-6-10)12-8-4-3-7-11-8/h3-4,7H,5-6,10H2,1-2H3. The molecule has 0 saturated heterocycles. The van der Waals surface area contributed by atoms with Crippen LogP contribution in [0.1, 0.15) is 20.3 Å². The molecule has 1 heterocycles. The first kappa shape index (κ1) is 10.1. The van der Waals surface area contributed by atoms with Gasteiger partial charge in [0.1, 0.15) is 0 Å². The Labute approximate surface area is 82.4 Å². The highest BCUT2D eigenvalue weighted by molar-refractivity contribution is 8.02. The van der Waals surface area contributed by atoms with E-state index in [0.29, 0.717) is 0 Å². The minimum atomic E-state index is 0.277. The second-order valence-electron chi connectivity index (χ2n) is 3.33. The fourth-order valence-corrected chi connectivity index (χ4v) is 3.39. The van der Waals surface area contributed by atoms with Gasteiger partial charge >= 0.3 is 0 Å². The first-order valence-corrected chi connectivity index (χ1v) is 5.76. The molecular weight excluding hydrogens is 186 g/mol. The normalized spacial score (nSPS) is 11.9. The molecule has 1 nitrogen and oxygen atoms in total. The van der Waals surface area contributed by atoms with Gasteiger partial charge in [-0.05, 0) is 24.4 Å². The van der Waals surface area contributed by atoms with Crippen molar-refractivity contribution in [2.24, 2.45) is 5.73 Å². The van der Waals surface area contributed by atoms with Crippen LogP contribution < -0.4 is 5.73 Å². The van der Waals surface area contributed by atoms with Crippen LogP contribution in [0.4, 0.5) is 0 Å². The summed E-state index contributed by atoms with van der Waals surface area (Å²) in [4.78, 5) is 0. The molecule has 0 unspecified atom stereocenters. The molecule has 0 aliphatic heterocycles. The van der Waals surface area contributed by atoms with E-state index in [2.05, 4.69) is 31.4 Å². The molecule has 1 rings (SSSR count). The summed E-state index contributed by atoms with van der Waals surface area (Å²) in [5.41, 5.74) is 5.53. The second kappa shape index (κ2) is 4.30. The topological polar surface area (TPSA) is 26.0 Å². The SMILES string of the molecule is CC(C)(CCN)Sc1cccs1. The Morgan fingerprint density at radius 3 is 2.83 bits per heavy atom. The first-order valence-electron chi connectivity index (χ1n) is 4.07.